The maximum atomic E-state index is 5.08. The number of hydrogen-bond donors (Lipinski definition) is 2. The number of aromatic nitrogens is 2. The molecule has 2 aromatic heterocycles. The standard InChI is InChI=1S/C17H21N7O/c1-22-15(16-14-2-5-18-17(14)19-10-24(16)21-22)12-3-6-23(7-4-12)8-13-9-25-11-20-13/h2,5,9-12,18,21H,3-4,6-8H2,1H3. The lowest BCUT2D eigenvalue weighted by Crippen LogP contribution is -2.40. The zero-order valence-corrected chi connectivity index (χ0v) is 14.1. The highest BCUT2D eigenvalue weighted by Crippen LogP contribution is 2.41. The minimum Gasteiger partial charge on any atom is -0.451 e. The van der Waals surface area contributed by atoms with E-state index in [0.717, 1.165) is 44.0 Å². The van der Waals surface area contributed by atoms with Crippen molar-refractivity contribution in [3.63, 3.8) is 0 Å². The second-order valence-corrected chi connectivity index (χ2v) is 6.78. The predicted molar refractivity (Wildman–Crippen MR) is 93.1 cm³/mol. The topological polar surface area (TPSA) is 75.9 Å². The molecule has 0 saturated carbocycles. The molecule has 0 aromatic carbocycles. The van der Waals surface area contributed by atoms with Gasteiger partial charge in [-0.3, -0.25) is 9.91 Å². The number of nitrogens with one attached hydrogen (secondary N) is 2. The summed E-state index contributed by atoms with van der Waals surface area (Å²) in [6.07, 6.45) is 9.30. The first-order valence-electron chi connectivity index (χ1n) is 8.64. The van der Waals surface area contributed by atoms with Crippen LogP contribution in [0.3, 0.4) is 0 Å². The van der Waals surface area contributed by atoms with Crippen molar-refractivity contribution in [1.82, 2.24) is 30.4 Å². The molecule has 1 saturated heterocycles. The van der Waals surface area contributed by atoms with Gasteiger partial charge in [-0.15, -0.1) is 5.53 Å². The zero-order valence-electron chi connectivity index (χ0n) is 14.1. The summed E-state index contributed by atoms with van der Waals surface area (Å²) >= 11 is 0. The van der Waals surface area contributed by atoms with E-state index < -0.39 is 0 Å². The van der Waals surface area contributed by atoms with Gasteiger partial charge in [-0.25, -0.2) is 15.0 Å². The number of allylic oxidation sites excluding steroid dienone is 1. The minimum absolute atomic E-state index is 0.528. The van der Waals surface area contributed by atoms with Gasteiger partial charge in [-0.2, -0.15) is 0 Å². The van der Waals surface area contributed by atoms with Gasteiger partial charge in [0.1, 0.15) is 18.4 Å². The lowest BCUT2D eigenvalue weighted by molar-refractivity contribution is 0.156. The summed E-state index contributed by atoms with van der Waals surface area (Å²) in [5.41, 5.74) is 8.13. The molecule has 3 aliphatic heterocycles. The second kappa shape index (κ2) is 5.75. The molecule has 2 aromatic rings. The normalized spacial score (nSPS) is 21.2. The van der Waals surface area contributed by atoms with Crippen LogP contribution in [-0.4, -0.2) is 51.4 Å². The fourth-order valence-electron chi connectivity index (χ4n) is 4.05. The van der Waals surface area contributed by atoms with Crippen LogP contribution in [-0.2, 0) is 6.54 Å². The molecule has 5 rings (SSSR count). The molecule has 8 nitrogen and oxygen atoms in total. The Morgan fingerprint density at radius 3 is 3.00 bits per heavy atom. The monoisotopic (exact) mass is 339 g/mol. The van der Waals surface area contributed by atoms with Crippen LogP contribution in [0.4, 0.5) is 5.82 Å². The van der Waals surface area contributed by atoms with Gasteiger partial charge in [0, 0.05) is 31.3 Å². The summed E-state index contributed by atoms with van der Waals surface area (Å²) in [5.74, 6) is 1.46. The molecule has 0 amide bonds. The average molecular weight is 339 g/mol. The lowest BCUT2D eigenvalue weighted by Gasteiger charge is -2.33. The Bertz CT molecular complexity index is 814. The maximum Gasteiger partial charge on any atom is 0.180 e. The van der Waals surface area contributed by atoms with E-state index in [0.29, 0.717) is 5.92 Å². The maximum absolute atomic E-state index is 5.08. The molecule has 0 unspecified atom stereocenters. The third-order valence-corrected chi connectivity index (χ3v) is 5.23. The average Bonchev–Trinajstić information content (AvgIpc) is 3.34. The molecule has 2 N–H and O–H groups in total. The second-order valence-electron chi connectivity index (χ2n) is 6.78. The third kappa shape index (κ3) is 2.45. The summed E-state index contributed by atoms with van der Waals surface area (Å²) in [7, 11) is 2.09. The van der Waals surface area contributed by atoms with E-state index in [-0.39, 0.29) is 0 Å². The Morgan fingerprint density at radius 1 is 1.32 bits per heavy atom. The van der Waals surface area contributed by atoms with Crippen molar-refractivity contribution in [3.8, 4) is 0 Å². The van der Waals surface area contributed by atoms with Gasteiger partial charge in [-0.1, -0.05) is 0 Å². The van der Waals surface area contributed by atoms with Gasteiger partial charge in [0.25, 0.3) is 0 Å². The zero-order chi connectivity index (χ0) is 16.8. The van der Waals surface area contributed by atoms with E-state index in [4.69, 9.17) is 4.42 Å². The molecule has 0 bridgehead atoms. The number of aliphatic imine (C=N–C) groups is 1. The first kappa shape index (κ1) is 14.7. The van der Waals surface area contributed by atoms with Crippen LogP contribution in [0.15, 0.2) is 40.0 Å². The van der Waals surface area contributed by atoms with Crippen molar-refractivity contribution in [2.45, 2.75) is 19.4 Å². The molecule has 1 fully saturated rings. The summed E-state index contributed by atoms with van der Waals surface area (Å²) in [6.45, 7) is 3.00. The van der Waals surface area contributed by atoms with Crippen molar-refractivity contribution in [2.24, 2.45) is 10.9 Å². The third-order valence-electron chi connectivity index (χ3n) is 5.23. The van der Waals surface area contributed by atoms with E-state index in [1.807, 2.05) is 17.5 Å². The molecule has 8 heteroatoms. The van der Waals surface area contributed by atoms with Crippen molar-refractivity contribution in [3.05, 3.63) is 41.9 Å². The van der Waals surface area contributed by atoms with Crippen molar-refractivity contribution < 1.29 is 4.42 Å². The van der Waals surface area contributed by atoms with E-state index in [9.17, 15) is 0 Å². The SMILES string of the molecule is CN1NN2C=Nc3[nH]ccc3C2=C1C1CCN(Cc2cocn2)CC1. The first-order chi connectivity index (χ1) is 12.3. The predicted octanol–water partition coefficient (Wildman–Crippen LogP) is 1.92. The first-order valence-corrected chi connectivity index (χ1v) is 8.64. The molecular formula is C17H21N7O. The van der Waals surface area contributed by atoms with Crippen LogP contribution in [0, 0.1) is 5.92 Å². The number of piperidine rings is 1. The van der Waals surface area contributed by atoms with Gasteiger partial charge in [0.05, 0.1) is 17.1 Å². The number of hydrazine groups is 2. The van der Waals surface area contributed by atoms with Crippen LogP contribution < -0.4 is 5.53 Å². The van der Waals surface area contributed by atoms with Crippen LogP contribution in [0.2, 0.25) is 0 Å². The van der Waals surface area contributed by atoms with Gasteiger partial charge >= 0.3 is 0 Å². The Kier molecular flexibility index (Phi) is 3.39. The number of fused-ring (bicyclic) bond motifs is 3. The highest BCUT2D eigenvalue weighted by atomic mass is 16.3. The van der Waals surface area contributed by atoms with E-state index >= 15 is 0 Å². The largest absolute Gasteiger partial charge is 0.451 e. The highest BCUT2D eigenvalue weighted by molar-refractivity contribution is 5.87. The van der Waals surface area contributed by atoms with Crippen molar-refractivity contribution in [1.29, 1.82) is 0 Å². The number of rotatable bonds is 3. The molecule has 0 spiro atoms. The van der Waals surface area contributed by atoms with Crippen molar-refractivity contribution in [2.75, 3.05) is 20.1 Å². The Balaban J connectivity index is 1.37. The van der Waals surface area contributed by atoms with Gasteiger partial charge < -0.3 is 9.40 Å². The molecule has 0 atom stereocenters. The minimum atomic E-state index is 0.528. The molecular weight excluding hydrogens is 318 g/mol. The van der Waals surface area contributed by atoms with Crippen LogP contribution in [0.1, 0.15) is 24.1 Å². The number of nitrogens with zero attached hydrogens (tertiary/aromatic N) is 5. The van der Waals surface area contributed by atoms with E-state index in [1.54, 1.807) is 6.26 Å². The fraction of sp³-hybridized carbons (Fsp3) is 0.412. The molecule has 130 valence electrons. The number of oxazole rings is 1. The number of likely N-dealkylation sites (tertiary alicyclic amines) is 1. The van der Waals surface area contributed by atoms with Crippen LogP contribution in [0.5, 0.6) is 0 Å². The highest BCUT2D eigenvalue weighted by Gasteiger charge is 2.36. The van der Waals surface area contributed by atoms with E-state index in [2.05, 4.69) is 43.5 Å². The van der Waals surface area contributed by atoms with Gasteiger partial charge in [-0.05, 0) is 32.0 Å². The van der Waals surface area contributed by atoms with Gasteiger partial charge in [0.2, 0.25) is 0 Å². The van der Waals surface area contributed by atoms with Gasteiger partial charge in [0.15, 0.2) is 6.39 Å². The lowest BCUT2D eigenvalue weighted by atomic mass is 9.90. The summed E-state index contributed by atoms with van der Waals surface area (Å²) in [6, 6.07) is 2.11. The van der Waals surface area contributed by atoms with E-state index in [1.165, 1.54) is 23.4 Å². The molecule has 5 heterocycles. The fourth-order valence-corrected chi connectivity index (χ4v) is 4.05. The molecule has 25 heavy (non-hydrogen) atoms. The summed E-state index contributed by atoms with van der Waals surface area (Å²) in [5, 5.41) is 4.16. The molecule has 3 aliphatic rings. The summed E-state index contributed by atoms with van der Waals surface area (Å²) < 4.78 is 5.08. The quantitative estimate of drug-likeness (QED) is 0.890. The number of aromatic amines is 1. The Morgan fingerprint density at radius 2 is 2.20 bits per heavy atom. The molecule has 0 aliphatic carbocycles. The van der Waals surface area contributed by atoms with Crippen LogP contribution in [0.25, 0.3) is 5.70 Å². The van der Waals surface area contributed by atoms with Crippen LogP contribution >= 0.6 is 0 Å². The number of H-pyrrole nitrogens is 1. The smallest absolute Gasteiger partial charge is 0.180 e. The molecule has 0 radical (unpaired) electrons. The van der Waals surface area contributed by atoms with Crippen molar-refractivity contribution >= 4 is 17.9 Å². The summed E-state index contributed by atoms with van der Waals surface area (Å²) in [4.78, 5) is 14.4. The number of hydrogen-bond acceptors (Lipinski definition) is 7. The Labute approximate surface area is 145 Å². The Hall–Kier alpha value is -2.58.